The molecule has 1 amide bonds. The second-order valence-electron chi connectivity index (χ2n) is 14.4. The summed E-state index contributed by atoms with van der Waals surface area (Å²) in [7, 11) is 0. The van der Waals surface area contributed by atoms with Gasteiger partial charge in [-0.1, -0.05) is 117 Å². The Morgan fingerprint density at radius 3 is 1.67 bits per heavy atom. The van der Waals surface area contributed by atoms with Crippen LogP contribution in [-0.2, 0) is 23.7 Å². The molecule has 14 heteroatoms. The molecule has 0 spiro atoms. The van der Waals surface area contributed by atoms with Crippen LogP contribution in [0.1, 0.15) is 136 Å². The Hall–Kier alpha value is -1.01. The van der Waals surface area contributed by atoms with E-state index in [-0.39, 0.29) is 12.5 Å². The first kappa shape index (κ1) is 46.1. The van der Waals surface area contributed by atoms with Crippen LogP contribution in [0.3, 0.4) is 0 Å². The van der Waals surface area contributed by atoms with Crippen molar-refractivity contribution in [2.24, 2.45) is 0 Å². The molecule has 2 aliphatic rings. The molecule has 0 radical (unpaired) electrons. The molecule has 2 aliphatic heterocycles. The zero-order valence-electron chi connectivity index (χ0n) is 31.1. The highest BCUT2D eigenvalue weighted by atomic mass is 16.7. The maximum Gasteiger partial charge on any atom is 0.220 e. The average Bonchev–Trinajstić information content (AvgIpc) is 3.12. The van der Waals surface area contributed by atoms with Gasteiger partial charge in [0.2, 0.25) is 5.91 Å². The highest BCUT2D eigenvalue weighted by molar-refractivity contribution is 5.76. The smallest absolute Gasteiger partial charge is 0.220 e. The molecule has 2 saturated heterocycles. The zero-order valence-corrected chi connectivity index (χ0v) is 31.1. The number of unbranched alkanes of at least 4 members (excludes halogenated alkanes) is 15. The lowest BCUT2D eigenvalue weighted by molar-refractivity contribution is -0.359. The van der Waals surface area contributed by atoms with Crippen molar-refractivity contribution in [3.8, 4) is 0 Å². The third-order valence-corrected chi connectivity index (χ3v) is 10.1. The minimum Gasteiger partial charge on any atom is -0.394 e. The molecular formula is C37H71NO13. The first-order valence-corrected chi connectivity index (χ1v) is 19.8. The summed E-state index contributed by atoms with van der Waals surface area (Å²) in [6.45, 7) is 2.74. The molecule has 302 valence electrons. The SMILES string of the molecule is CCCCCCCCCCCCC(O)C(COC1OC(CO)C(OC2OC(CO)C(O)C(O)C2O)C(O)C1O)NC(=O)CCCCCCCCC. The number of carbonyl (C=O) groups is 1. The van der Waals surface area contributed by atoms with E-state index in [4.69, 9.17) is 18.9 Å². The van der Waals surface area contributed by atoms with Crippen molar-refractivity contribution in [2.45, 2.75) is 209 Å². The average molecular weight is 738 g/mol. The fourth-order valence-electron chi connectivity index (χ4n) is 6.70. The highest BCUT2D eigenvalue weighted by Crippen LogP contribution is 2.30. The van der Waals surface area contributed by atoms with E-state index < -0.39 is 86.8 Å². The van der Waals surface area contributed by atoms with Gasteiger partial charge < -0.3 is 65.1 Å². The van der Waals surface area contributed by atoms with Crippen LogP contribution in [-0.4, -0.2) is 140 Å². The molecule has 12 atom stereocenters. The van der Waals surface area contributed by atoms with Gasteiger partial charge in [-0.25, -0.2) is 0 Å². The summed E-state index contributed by atoms with van der Waals surface area (Å²) in [6, 6.07) is -0.816. The molecule has 0 aromatic carbocycles. The molecule has 0 bridgehead atoms. The van der Waals surface area contributed by atoms with Gasteiger partial charge in [0.15, 0.2) is 12.6 Å². The van der Waals surface area contributed by atoms with E-state index in [0.29, 0.717) is 12.8 Å². The van der Waals surface area contributed by atoms with Crippen molar-refractivity contribution in [1.29, 1.82) is 0 Å². The monoisotopic (exact) mass is 737 g/mol. The van der Waals surface area contributed by atoms with Gasteiger partial charge in [-0.15, -0.1) is 0 Å². The quantitative estimate of drug-likeness (QED) is 0.0524. The predicted molar refractivity (Wildman–Crippen MR) is 189 cm³/mol. The Morgan fingerprint density at radius 2 is 1.12 bits per heavy atom. The summed E-state index contributed by atoms with van der Waals surface area (Å²) >= 11 is 0. The van der Waals surface area contributed by atoms with Crippen LogP contribution in [0, 0.1) is 0 Å². The van der Waals surface area contributed by atoms with E-state index in [1.165, 1.54) is 57.8 Å². The van der Waals surface area contributed by atoms with Gasteiger partial charge in [-0.3, -0.25) is 4.79 Å². The van der Waals surface area contributed by atoms with Crippen molar-refractivity contribution in [2.75, 3.05) is 19.8 Å². The maximum atomic E-state index is 12.9. The first-order chi connectivity index (χ1) is 24.6. The molecule has 14 nitrogen and oxygen atoms in total. The number of carbonyl (C=O) groups excluding carboxylic acids is 1. The third kappa shape index (κ3) is 16.5. The number of ether oxygens (including phenoxy) is 4. The third-order valence-electron chi connectivity index (χ3n) is 10.1. The molecule has 2 heterocycles. The second-order valence-corrected chi connectivity index (χ2v) is 14.4. The number of nitrogens with one attached hydrogen (secondary N) is 1. The number of aliphatic hydroxyl groups is 8. The Kier molecular flexibility index (Phi) is 24.2. The van der Waals surface area contributed by atoms with Crippen LogP contribution >= 0.6 is 0 Å². The molecule has 0 aromatic rings. The van der Waals surface area contributed by atoms with E-state index in [2.05, 4.69) is 19.2 Å². The van der Waals surface area contributed by atoms with E-state index in [1.54, 1.807) is 0 Å². The van der Waals surface area contributed by atoms with Crippen molar-refractivity contribution in [3.05, 3.63) is 0 Å². The van der Waals surface area contributed by atoms with Crippen molar-refractivity contribution < 1.29 is 64.6 Å². The minimum atomic E-state index is -1.78. The molecule has 2 fully saturated rings. The van der Waals surface area contributed by atoms with Crippen molar-refractivity contribution >= 4 is 5.91 Å². The van der Waals surface area contributed by atoms with Crippen LogP contribution in [0.25, 0.3) is 0 Å². The lowest BCUT2D eigenvalue weighted by atomic mass is 9.97. The Labute approximate surface area is 304 Å². The number of hydrogen-bond acceptors (Lipinski definition) is 13. The van der Waals surface area contributed by atoms with Crippen LogP contribution in [0.5, 0.6) is 0 Å². The molecular weight excluding hydrogens is 666 g/mol. The van der Waals surface area contributed by atoms with Crippen LogP contribution in [0.2, 0.25) is 0 Å². The van der Waals surface area contributed by atoms with E-state index in [9.17, 15) is 45.6 Å². The number of rotatable bonds is 28. The van der Waals surface area contributed by atoms with Crippen molar-refractivity contribution in [1.82, 2.24) is 5.32 Å². The van der Waals surface area contributed by atoms with E-state index in [0.717, 1.165) is 51.4 Å². The largest absolute Gasteiger partial charge is 0.394 e. The van der Waals surface area contributed by atoms with Gasteiger partial charge in [-0.2, -0.15) is 0 Å². The Bertz CT molecular complexity index is 883. The second kappa shape index (κ2) is 26.7. The Morgan fingerprint density at radius 1 is 0.627 bits per heavy atom. The van der Waals surface area contributed by atoms with Gasteiger partial charge in [0, 0.05) is 6.42 Å². The summed E-state index contributed by atoms with van der Waals surface area (Å²) in [4.78, 5) is 12.9. The van der Waals surface area contributed by atoms with E-state index in [1.807, 2.05) is 0 Å². The van der Waals surface area contributed by atoms with Crippen molar-refractivity contribution in [3.63, 3.8) is 0 Å². The number of aliphatic hydroxyl groups excluding tert-OH is 8. The zero-order chi connectivity index (χ0) is 37.6. The summed E-state index contributed by atoms with van der Waals surface area (Å²) in [6.07, 6.45) is 3.00. The van der Waals surface area contributed by atoms with Gasteiger partial charge in [0.1, 0.15) is 48.8 Å². The topological polar surface area (TPSA) is 228 Å². The summed E-state index contributed by atoms with van der Waals surface area (Å²) in [5, 5.41) is 86.0. The molecule has 51 heavy (non-hydrogen) atoms. The molecule has 12 unspecified atom stereocenters. The fraction of sp³-hybridized carbons (Fsp3) is 0.973. The van der Waals surface area contributed by atoms with E-state index >= 15 is 0 Å². The molecule has 0 aromatic heterocycles. The van der Waals surface area contributed by atoms with Crippen LogP contribution in [0.15, 0.2) is 0 Å². The molecule has 0 saturated carbocycles. The number of hydrogen-bond donors (Lipinski definition) is 9. The first-order valence-electron chi connectivity index (χ1n) is 19.8. The lowest BCUT2D eigenvalue weighted by Crippen LogP contribution is -2.65. The maximum absolute atomic E-state index is 12.9. The fourth-order valence-corrected chi connectivity index (χ4v) is 6.70. The van der Waals surface area contributed by atoms with Gasteiger partial charge >= 0.3 is 0 Å². The summed E-state index contributed by atoms with van der Waals surface area (Å²) < 4.78 is 22.5. The van der Waals surface area contributed by atoms with Crippen LogP contribution < -0.4 is 5.32 Å². The minimum absolute atomic E-state index is 0.217. The van der Waals surface area contributed by atoms with Gasteiger partial charge in [0.25, 0.3) is 0 Å². The lowest BCUT2D eigenvalue weighted by Gasteiger charge is -2.46. The highest BCUT2D eigenvalue weighted by Gasteiger charge is 2.50. The predicted octanol–water partition coefficient (Wildman–Crippen LogP) is 1.92. The molecule has 0 aliphatic carbocycles. The molecule has 9 N–H and O–H groups in total. The summed E-state index contributed by atoms with van der Waals surface area (Å²) in [5.74, 6) is -0.217. The normalized spacial score (nSPS) is 31.0. The van der Waals surface area contributed by atoms with Gasteiger partial charge in [-0.05, 0) is 12.8 Å². The summed E-state index contributed by atoms with van der Waals surface area (Å²) in [5.41, 5.74) is 0. The van der Waals surface area contributed by atoms with Gasteiger partial charge in [0.05, 0.1) is 32.0 Å². The standard InChI is InChI=1S/C37H71NO13/c1-3-5-7-9-11-12-13-15-16-18-20-26(41)25(38-29(42)21-19-17-14-10-8-6-4-2)24-48-36-34(47)32(45)35(28(23-40)50-36)51-37-33(46)31(44)30(43)27(22-39)49-37/h25-28,30-37,39-41,43-47H,3-24H2,1-2H3,(H,38,42). The molecule has 2 rings (SSSR count). The number of amides is 1. The van der Waals surface area contributed by atoms with Crippen LogP contribution in [0.4, 0.5) is 0 Å². The Balaban J connectivity index is 1.95.